The Morgan fingerprint density at radius 3 is 2.37 bits per heavy atom. The highest BCUT2D eigenvalue weighted by Crippen LogP contribution is 2.63. The Labute approximate surface area is 163 Å². The zero-order valence-corrected chi connectivity index (χ0v) is 16.7. The molecule has 4 bridgehead atoms. The van der Waals surface area contributed by atoms with Gasteiger partial charge >= 0.3 is 0 Å². The zero-order valence-electron chi connectivity index (χ0n) is 15.9. The lowest BCUT2D eigenvalue weighted by Gasteiger charge is -2.57. The molecular formula is C19H28N4O3S. The summed E-state index contributed by atoms with van der Waals surface area (Å²) in [6.45, 7) is 0. The molecule has 1 aromatic rings. The smallest absolute Gasteiger partial charge is 0.210 e. The van der Waals surface area contributed by atoms with Crippen LogP contribution in [0.15, 0.2) is 5.16 Å². The van der Waals surface area contributed by atoms with Gasteiger partial charge in [-0.2, -0.15) is 9.78 Å². The normalized spacial score (nSPS) is 48.1. The van der Waals surface area contributed by atoms with Crippen LogP contribution in [0.25, 0.3) is 0 Å². The molecule has 0 amide bonds. The number of hydrogen-bond donors (Lipinski definition) is 0. The standard InChI is InChI=1S/C19H28N4O3S/c1-23-17(20-21-22-23)27-11-12-2-4-18(5-3-12)24-19(26-25-18)15-7-13-6-14(9-15)10-16(19)8-13/h12-16H,2-11H2,1H3. The van der Waals surface area contributed by atoms with Crippen molar-refractivity contribution in [3.63, 3.8) is 0 Å². The van der Waals surface area contributed by atoms with Crippen molar-refractivity contribution in [3.05, 3.63) is 0 Å². The Bertz CT molecular complexity index is 690. The van der Waals surface area contributed by atoms with Crippen LogP contribution in [0.3, 0.4) is 0 Å². The Balaban J connectivity index is 1.09. The van der Waals surface area contributed by atoms with Gasteiger partial charge < -0.3 is 4.74 Å². The number of thioether (sulfide) groups is 1. The molecule has 148 valence electrons. The van der Waals surface area contributed by atoms with Crippen LogP contribution in [0, 0.1) is 29.6 Å². The molecule has 0 atom stereocenters. The molecule has 0 unspecified atom stereocenters. The first-order valence-electron chi connectivity index (χ1n) is 10.6. The number of rotatable bonds is 3. The minimum atomic E-state index is -0.497. The molecule has 6 fully saturated rings. The van der Waals surface area contributed by atoms with Crippen LogP contribution in [-0.2, 0) is 21.6 Å². The first-order valence-corrected chi connectivity index (χ1v) is 11.5. The van der Waals surface area contributed by atoms with E-state index in [1.165, 1.54) is 32.1 Å². The number of aryl methyl sites for hydroxylation is 1. The average molecular weight is 393 g/mol. The molecule has 1 aromatic heterocycles. The molecule has 2 heterocycles. The predicted octanol–water partition coefficient (Wildman–Crippen LogP) is 3.32. The van der Waals surface area contributed by atoms with Crippen molar-refractivity contribution in [1.82, 2.24) is 20.2 Å². The number of nitrogens with zero attached hydrogens (tertiary/aromatic N) is 4. The van der Waals surface area contributed by atoms with Gasteiger partial charge in [0.25, 0.3) is 0 Å². The first-order chi connectivity index (χ1) is 13.1. The average Bonchev–Trinajstić information content (AvgIpc) is 3.24. The SMILES string of the molecule is Cn1nnnc1SCC1CCC2(CC1)OOC1(O2)C2CC3CC(C2)CC1C3. The molecule has 1 saturated heterocycles. The quantitative estimate of drug-likeness (QED) is 0.577. The van der Waals surface area contributed by atoms with Gasteiger partial charge in [0, 0.05) is 37.5 Å². The van der Waals surface area contributed by atoms with Gasteiger partial charge in [0.05, 0.1) is 0 Å². The monoisotopic (exact) mass is 392 g/mol. The highest BCUT2D eigenvalue weighted by atomic mass is 32.2. The van der Waals surface area contributed by atoms with Crippen molar-refractivity contribution in [2.75, 3.05) is 5.75 Å². The number of tetrazole rings is 1. The van der Waals surface area contributed by atoms with Gasteiger partial charge in [0.2, 0.25) is 16.7 Å². The molecule has 0 N–H and O–H groups in total. The molecule has 1 aliphatic heterocycles. The van der Waals surface area contributed by atoms with Crippen molar-refractivity contribution >= 4 is 11.8 Å². The maximum absolute atomic E-state index is 6.78. The minimum absolute atomic E-state index is 0.431. The lowest BCUT2D eigenvalue weighted by Crippen LogP contribution is -2.59. The van der Waals surface area contributed by atoms with E-state index in [1.807, 2.05) is 7.05 Å². The Hall–Kier alpha value is -0.700. The van der Waals surface area contributed by atoms with E-state index >= 15 is 0 Å². The van der Waals surface area contributed by atoms with Crippen molar-refractivity contribution < 1.29 is 14.5 Å². The number of aromatic nitrogens is 4. The molecule has 27 heavy (non-hydrogen) atoms. The second-order valence-electron chi connectivity index (χ2n) is 9.54. The fraction of sp³-hybridized carbons (Fsp3) is 0.947. The van der Waals surface area contributed by atoms with Crippen LogP contribution in [0.1, 0.15) is 57.8 Å². The van der Waals surface area contributed by atoms with E-state index in [0.717, 1.165) is 48.4 Å². The third-order valence-electron chi connectivity index (χ3n) is 7.84. The van der Waals surface area contributed by atoms with Crippen LogP contribution in [-0.4, -0.2) is 37.5 Å². The van der Waals surface area contributed by atoms with Gasteiger partial charge in [-0.1, -0.05) is 11.8 Å². The maximum Gasteiger partial charge on any atom is 0.210 e. The van der Waals surface area contributed by atoms with Gasteiger partial charge in [-0.05, 0) is 73.1 Å². The fourth-order valence-corrected chi connectivity index (χ4v) is 7.65. The van der Waals surface area contributed by atoms with E-state index in [1.54, 1.807) is 16.4 Å². The highest BCUT2D eigenvalue weighted by Gasteiger charge is 2.66. The van der Waals surface area contributed by atoms with Crippen LogP contribution in [0.5, 0.6) is 0 Å². The van der Waals surface area contributed by atoms with Crippen LogP contribution >= 0.6 is 11.8 Å². The number of ether oxygens (including phenoxy) is 1. The van der Waals surface area contributed by atoms with Crippen molar-refractivity contribution in [3.8, 4) is 0 Å². The van der Waals surface area contributed by atoms with E-state index in [-0.39, 0.29) is 0 Å². The summed E-state index contributed by atoms with van der Waals surface area (Å²) in [6, 6.07) is 0. The second-order valence-corrected chi connectivity index (χ2v) is 10.5. The van der Waals surface area contributed by atoms with E-state index < -0.39 is 11.6 Å². The summed E-state index contributed by atoms with van der Waals surface area (Å²) in [5.74, 6) is 3.68. The summed E-state index contributed by atoms with van der Waals surface area (Å²) < 4.78 is 8.52. The van der Waals surface area contributed by atoms with Crippen molar-refractivity contribution in [2.45, 2.75) is 74.5 Å². The lowest BCUT2D eigenvalue weighted by molar-refractivity contribution is -0.390. The summed E-state index contributed by atoms with van der Waals surface area (Å²) >= 11 is 1.75. The van der Waals surface area contributed by atoms with Gasteiger partial charge in [0.1, 0.15) is 0 Å². The molecule has 5 saturated carbocycles. The molecule has 0 aromatic carbocycles. The van der Waals surface area contributed by atoms with E-state index in [4.69, 9.17) is 14.5 Å². The lowest BCUT2D eigenvalue weighted by atomic mass is 9.53. The van der Waals surface area contributed by atoms with Gasteiger partial charge in [0.15, 0.2) is 0 Å². The zero-order chi connectivity index (χ0) is 18.1. The Morgan fingerprint density at radius 2 is 1.74 bits per heavy atom. The minimum Gasteiger partial charge on any atom is -0.312 e. The third kappa shape index (κ3) is 2.70. The van der Waals surface area contributed by atoms with Crippen molar-refractivity contribution in [2.24, 2.45) is 36.6 Å². The van der Waals surface area contributed by atoms with Gasteiger partial charge in [-0.25, -0.2) is 4.68 Å². The summed E-state index contributed by atoms with van der Waals surface area (Å²) in [5, 5.41) is 12.6. The number of hydrogen-bond acceptors (Lipinski definition) is 7. The molecule has 5 aliphatic carbocycles. The summed E-state index contributed by atoms with van der Waals surface area (Å²) in [5.41, 5.74) is 0. The maximum atomic E-state index is 6.78. The second kappa shape index (κ2) is 6.15. The molecule has 7 rings (SSSR count). The van der Waals surface area contributed by atoms with Crippen LogP contribution < -0.4 is 0 Å². The van der Waals surface area contributed by atoms with E-state index in [0.29, 0.717) is 17.8 Å². The Kier molecular flexibility index (Phi) is 3.91. The Morgan fingerprint density at radius 1 is 1.04 bits per heavy atom. The van der Waals surface area contributed by atoms with Crippen LogP contribution in [0.2, 0.25) is 0 Å². The van der Waals surface area contributed by atoms with Crippen molar-refractivity contribution in [1.29, 1.82) is 0 Å². The van der Waals surface area contributed by atoms with E-state index in [9.17, 15) is 0 Å². The summed E-state index contributed by atoms with van der Waals surface area (Å²) in [4.78, 5) is 12.1. The topological polar surface area (TPSA) is 71.3 Å². The molecule has 6 aliphatic rings. The summed E-state index contributed by atoms with van der Waals surface area (Å²) in [6.07, 6.45) is 10.6. The molecule has 8 heteroatoms. The molecular weight excluding hydrogens is 364 g/mol. The summed E-state index contributed by atoms with van der Waals surface area (Å²) in [7, 11) is 1.89. The molecule has 7 nitrogen and oxygen atoms in total. The molecule has 0 radical (unpaired) electrons. The first kappa shape index (κ1) is 17.2. The van der Waals surface area contributed by atoms with Crippen LogP contribution in [0.4, 0.5) is 0 Å². The largest absolute Gasteiger partial charge is 0.312 e. The molecule has 2 spiro atoms. The van der Waals surface area contributed by atoms with Gasteiger partial charge in [-0.15, -0.1) is 5.10 Å². The fourth-order valence-electron chi connectivity index (χ4n) is 6.62. The van der Waals surface area contributed by atoms with E-state index in [2.05, 4.69) is 15.5 Å². The third-order valence-corrected chi connectivity index (χ3v) is 9.08. The van der Waals surface area contributed by atoms with Gasteiger partial charge in [-0.3, -0.25) is 0 Å². The highest BCUT2D eigenvalue weighted by molar-refractivity contribution is 7.99. The predicted molar refractivity (Wildman–Crippen MR) is 97.2 cm³/mol.